The molecule has 3 unspecified atom stereocenters. The van der Waals surface area contributed by atoms with Gasteiger partial charge in [0.2, 0.25) is 0 Å². The number of aliphatic carboxylic acids is 1. The molecule has 0 bridgehead atoms. The van der Waals surface area contributed by atoms with Crippen molar-refractivity contribution in [2.45, 2.75) is 38.6 Å². The molecule has 7 nitrogen and oxygen atoms in total. The molecule has 2 aliphatic rings. The monoisotopic (exact) mass is 306 g/mol. The van der Waals surface area contributed by atoms with Crippen LogP contribution in [0.1, 0.15) is 43.5 Å². The number of hydrogen-bond donors (Lipinski definition) is 3. The van der Waals surface area contributed by atoms with Crippen LogP contribution < -0.4 is 5.32 Å². The highest BCUT2D eigenvalue weighted by atomic mass is 16.4. The minimum absolute atomic E-state index is 0.0562. The first-order valence-corrected chi connectivity index (χ1v) is 7.85. The van der Waals surface area contributed by atoms with Gasteiger partial charge in [0.05, 0.1) is 23.9 Å². The highest BCUT2D eigenvalue weighted by Gasteiger charge is 2.33. The van der Waals surface area contributed by atoms with Crippen molar-refractivity contribution in [3.63, 3.8) is 0 Å². The molecule has 0 saturated carbocycles. The minimum Gasteiger partial charge on any atom is -0.481 e. The third kappa shape index (κ3) is 2.93. The van der Waals surface area contributed by atoms with Gasteiger partial charge in [-0.15, -0.1) is 0 Å². The van der Waals surface area contributed by atoms with Crippen LogP contribution in [0.15, 0.2) is 6.20 Å². The molecule has 1 aliphatic heterocycles. The molecule has 1 aromatic heterocycles. The molecular weight excluding hydrogens is 284 g/mol. The molecule has 7 heteroatoms. The van der Waals surface area contributed by atoms with E-state index in [2.05, 4.69) is 15.5 Å². The maximum atomic E-state index is 12.5. The Morgan fingerprint density at radius 1 is 1.45 bits per heavy atom. The highest BCUT2D eigenvalue weighted by Crippen LogP contribution is 2.28. The number of H-pyrrole nitrogens is 1. The Morgan fingerprint density at radius 2 is 2.27 bits per heavy atom. The van der Waals surface area contributed by atoms with Crippen molar-refractivity contribution in [3.8, 4) is 0 Å². The van der Waals surface area contributed by atoms with Crippen molar-refractivity contribution in [3.05, 3.63) is 17.5 Å². The summed E-state index contributed by atoms with van der Waals surface area (Å²) in [5, 5.41) is 19.3. The number of piperidine rings is 1. The Bertz CT molecular complexity index is 571. The zero-order chi connectivity index (χ0) is 15.7. The third-order valence-electron chi connectivity index (χ3n) is 4.63. The fraction of sp³-hybridized carbons (Fsp3) is 0.667. The van der Waals surface area contributed by atoms with E-state index >= 15 is 0 Å². The smallest absolute Gasteiger partial charge is 0.317 e. The standard InChI is InChI=1S/C15H22N4O3/c1-9-5-11(14(20)21)8-19(7-9)15(22)17-12-4-2-3-10-6-16-18-13(10)12/h6,9,11-12H,2-5,7-8H2,1H3,(H,16,18)(H,17,22)(H,20,21). The molecule has 0 aromatic carbocycles. The van der Waals surface area contributed by atoms with Crippen molar-refractivity contribution >= 4 is 12.0 Å². The second-order valence-electron chi connectivity index (χ2n) is 6.48. The van der Waals surface area contributed by atoms with Crippen molar-refractivity contribution in [1.82, 2.24) is 20.4 Å². The molecule has 22 heavy (non-hydrogen) atoms. The summed E-state index contributed by atoms with van der Waals surface area (Å²) >= 11 is 0. The molecule has 0 spiro atoms. The van der Waals surface area contributed by atoms with E-state index in [0.717, 1.165) is 30.5 Å². The van der Waals surface area contributed by atoms with E-state index in [1.807, 2.05) is 13.1 Å². The summed E-state index contributed by atoms with van der Waals surface area (Å²) in [5.74, 6) is -1.09. The number of rotatable bonds is 2. The number of carboxylic acids is 1. The lowest BCUT2D eigenvalue weighted by Crippen LogP contribution is -2.50. The topological polar surface area (TPSA) is 98.3 Å². The summed E-state index contributed by atoms with van der Waals surface area (Å²) in [6.45, 7) is 2.88. The highest BCUT2D eigenvalue weighted by molar-refractivity contribution is 5.77. The van der Waals surface area contributed by atoms with Gasteiger partial charge in [-0.3, -0.25) is 9.89 Å². The average molecular weight is 306 g/mol. The molecule has 3 atom stereocenters. The van der Waals surface area contributed by atoms with E-state index in [0.29, 0.717) is 13.0 Å². The van der Waals surface area contributed by atoms with Gasteiger partial charge in [0.15, 0.2) is 0 Å². The van der Waals surface area contributed by atoms with E-state index < -0.39 is 11.9 Å². The SMILES string of the molecule is CC1CC(C(=O)O)CN(C(=O)NC2CCCc3cn[nH]c32)C1. The van der Waals surface area contributed by atoms with E-state index in [1.54, 1.807) is 4.90 Å². The Balaban J connectivity index is 1.66. The minimum atomic E-state index is -0.821. The lowest BCUT2D eigenvalue weighted by atomic mass is 9.90. The second kappa shape index (κ2) is 5.98. The predicted octanol–water partition coefficient (Wildman–Crippen LogP) is 1.54. The number of aromatic nitrogens is 2. The van der Waals surface area contributed by atoms with Crippen molar-refractivity contribution in [1.29, 1.82) is 0 Å². The number of nitrogens with zero attached hydrogens (tertiary/aromatic N) is 2. The number of fused-ring (bicyclic) bond motifs is 1. The number of carboxylic acid groups (broad SMARTS) is 1. The molecule has 3 rings (SSSR count). The van der Waals surface area contributed by atoms with Crippen LogP contribution in [-0.2, 0) is 11.2 Å². The van der Waals surface area contributed by atoms with E-state index in [9.17, 15) is 14.7 Å². The summed E-state index contributed by atoms with van der Waals surface area (Å²) < 4.78 is 0. The first-order valence-electron chi connectivity index (χ1n) is 7.85. The summed E-state index contributed by atoms with van der Waals surface area (Å²) in [4.78, 5) is 25.4. The lowest BCUT2D eigenvalue weighted by molar-refractivity contribution is -0.143. The van der Waals surface area contributed by atoms with Crippen LogP contribution in [-0.4, -0.2) is 45.3 Å². The number of aryl methyl sites for hydroxylation is 1. The summed E-state index contributed by atoms with van der Waals surface area (Å²) in [7, 11) is 0. The molecule has 1 aromatic rings. The maximum Gasteiger partial charge on any atom is 0.317 e. The van der Waals surface area contributed by atoms with Crippen LogP contribution in [0, 0.1) is 11.8 Å². The second-order valence-corrected chi connectivity index (χ2v) is 6.48. The van der Waals surface area contributed by atoms with Crippen LogP contribution in [0.5, 0.6) is 0 Å². The van der Waals surface area contributed by atoms with E-state index in [4.69, 9.17) is 0 Å². The number of hydrogen-bond acceptors (Lipinski definition) is 3. The number of amides is 2. The normalized spacial score (nSPS) is 28.0. The number of nitrogens with one attached hydrogen (secondary N) is 2. The van der Waals surface area contributed by atoms with Crippen LogP contribution in [0.2, 0.25) is 0 Å². The molecule has 2 heterocycles. The van der Waals surface area contributed by atoms with Crippen LogP contribution >= 0.6 is 0 Å². The van der Waals surface area contributed by atoms with Gasteiger partial charge in [-0.2, -0.15) is 5.10 Å². The zero-order valence-corrected chi connectivity index (χ0v) is 12.7. The number of likely N-dealkylation sites (tertiary alicyclic amines) is 1. The average Bonchev–Trinajstić information content (AvgIpc) is 2.96. The van der Waals surface area contributed by atoms with Gasteiger partial charge in [0.1, 0.15) is 0 Å². The Labute approximate surface area is 129 Å². The van der Waals surface area contributed by atoms with Gasteiger partial charge in [-0.25, -0.2) is 4.79 Å². The number of urea groups is 1. The van der Waals surface area contributed by atoms with Crippen LogP contribution in [0.4, 0.5) is 4.79 Å². The van der Waals surface area contributed by atoms with Gasteiger partial charge < -0.3 is 15.3 Å². The Hall–Kier alpha value is -2.05. The largest absolute Gasteiger partial charge is 0.481 e. The number of carbonyl (C=O) groups excluding carboxylic acids is 1. The van der Waals surface area contributed by atoms with E-state index in [-0.39, 0.29) is 24.5 Å². The molecule has 1 fully saturated rings. The molecular formula is C15H22N4O3. The maximum absolute atomic E-state index is 12.5. The van der Waals surface area contributed by atoms with Crippen molar-refractivity contribution in [2.75, 3.05) is 13.1 Å². The fourth-order valence-corrected chi connectivity index (χ4v) is 3.54. The zero-order valence-electron chi connectivity index (χ0n) is 12.7. The number of aromatic amines is 1. The summed E-state index contributed by atoms with van der Waals surface area (Å²) in [6.07, 6.45) is 5.34. The van der Waals surface area contributed by atoms with E-state index in [1.165, 1.54) is 0 Å². The van der Waals surface area contributed by atoms with Crippen molar-refractivity contribution < 1.29 is 14.7 Å². The molecule has 0 radical (unpaired) electrons. The van der Waals surface area contributed by atoms with Gasteiger partial charge >= 0.3 is 12.0 Å². The van der Waals surface area contributed by atoms with Gasteiger partial charge in [0.25, 0.3) is 0 Å². The van der Waals surface area contributed by atoms with Crippen LogP contribution in [0.3, 0.4) is 0 Å². The molecule has 2 amide bonds. The Morgan fingerprint density at radius 3 is 3.05 bits per heavy atom. The van der Waals surface area contributed by atoms with Gasteiger partial charge in [0, 0.05) is 13.1 Å². The molecule has 1 aliphatic carbocycles. The summed E-state index contributed by atoms with van der Waals surface area (Å²) in [5.41, 5.74) is 2.14. The van der Waals surface area contributed by atoms with Gasteiger partial charge in [-0.05, 0) is 37.2 Å². The number of carbonyl (C=O) groups is 2. The molecule has 120 valence electrons. The van der Waals surface area contributed by atoms with Crippen LogP contribution in [0.25, 0.3) is 0 Å². The quantitative estimate of drug-likeness (QED) is 0.772. The van der Waals surface area contributed by atoms with Crippen molar-refractivity contribution in [2.24, 2.45) is 11.8 Å². The first-order chi connectivity index (χ1) is 10.5. The lowest BCUT2D eigenvalue weighted by Gasteiger charge is -2.36. The first kappa shape index (κ1) is 14.9. The summed E-state index contributed by atoms with van der Waals surface area (Å²) in [6, 6.07) is -0.232. The predicted molar refractivity (Wildman–Crippen MR) is 79.3 cm³/mol. The Kier molecular flexibility index (Phi) is 4.04. The molecule has 3 N–H and O–H groups in total. The fourth-order valence-electron chi connectivity index (χ4n) is 3.54. The third-order valence-corrected chi connectivity index (χ3v) is 4.63. The van der Waals surface area contributed by atoms with Gasteiger partial charge in [-0.1, -0.05) is 6.92 Å². The molecule has 1 saturated heterocycles.